The number of aromatic amines is 1. The normalized spacial score (nSPS) is 16.7. The predicted octanol–water partition coefficient (Wildman–Crippen LogP) is 4.14. The molecule has 0 bridgehead atoms. The molecule has 4 rings (SSSR count). The molecular formula is C20H22FN3O. The van der Waals surface area contributed by atoms with Gasteiger partial charge < -0.3 is 20.4 Å². The Morgan fingerprint density at radius 1 is 1.16 bits per heavy atom. The lowest BCUT2D eigenvalue weighted by Crippen LogP contribution is -2.31. The minimum absolute atomic E-state index is 0.238. The zero-order valence-corrected chi connectivity index (χ0v) is 14.4. The minimum atomic E-state index is -0.360. The molecule has 3 N–H and O–H groups in total. The van der Waals surface area contributed by atoms with Gasteiger partial charge in [0, 0.05) is 40.1 Å². The van der Waals surface area contributed by atoms with Crippen LogP contribution in [0.15, 0.2) is 36.4 Å². The average Bonchev–Trinajstić information content (AvgIpc) is 3.00. The Labute approximate surface area is 146 Å². The van der Waals surface area contributed by atoms with Gasteiger partial charge in [0.25, 0.3) is 0 Å². The molecule has 0 aliphatic heterocycles. The lowest BCUT2D eigenvalue weighted by atomic mass is 9.91. The number of benzene rings is 2. The van der Waals surface area contributed by atoms with Gasteiger partial charge in [0.2, 0.25) is 0 Å². The molecule has 25 heavy (non-hydrogen) atoms. The Hall–Kier alpha value is -2.53. The number of aryl methyl sites for hydroxylation is 1. The van der Waals surface area contributed by atoms with Gasteiger partial charge in [-0.1, -0.05) is 0 Å². The number of likely N-dealkylation sites (N-methyl/N-ethyl adjacent to an activating group) is 1. The molecule has 130 valence electrons. The van der Waals surface area contributed by atoms with E-state index in [-0.39, 0.29) is 11.6 Å². The van der Waals surface area contributed by atoms with Crippen molar-refractivity contribution in [2.45, 2.75) is 25.3 Å². The molecule has 0 fully saturated rings. The van der Waals surface area contributed by atoms with E-state index < -0.39 is 0 Å². The lowest BCUT2D eigenvalue weighted by Gasteiger charge is -2.21. The van der Waals surface area contributed by atoms with Gasteiger partial charge in [0.15, 0.2) is 11.6 Å². The van der Waals surface area contributed by atoms with Gasteiger partial charge in [-0.25, -0.2) is 4.39 Å². The summed E-state index contributed by atoms with van der Waals surface area (Å²) >= 11 is 0. The third-order valence-corrected chi connectivity index (χ3v) is 5.04. The van der Waals surface area contributed by atoms with Crippen LogP contribution in [0.4, 0.5) is 15.8 Å². The molecule has 3 aromatic rings. The number of rotatable bonds is 4. The van der Waals surface area contributed by atoms with Crippen molar-refractivity contribution in [2.75, 3.05) is 19.5 Å². The number of H-pyrrole nitrogens is 1. The molecule has 0 radical (unpaired) electrons. The van der Waals surface area contributed by atoms with Crippen molar-refractivity contribution in [3.63, 3.8) is 0 Å². The molecule has 0 spiro atoms. The van der Waals surface area contributed by atoms with Crippen molar-refractivity contribution in [1.82, 2.24) is 10.3 Å². The number of hydrogen-bond donors (Lipinski definition) is 3. The first-order chi connectivity index (χ1) is 12.2. The van der Waals surface area contributed by atoms with Crippen LogP contribution in [-0.2, 0) is 12.8 Å². The fraction of sp³-hybridized carbons (Fsp3) is 0.300. The summed E-state index contributed by atoms with van der Waals surface area (Å²) in [5.74, 6) is -0.122. The number of ether oxygens (including phenoxy) is 1. The average molecular weight is 339 g/mol. The molecule has 0 saturated carbocycles. The fourth-order valence-corrected chi connectivity index (χ4v) is 3.65. The van der Waals surface area contributed by atoms with Crippen molar-refractivity contribution >= 4 is 22.3 Å². The van der Waals surface area contributed by atoms with Gasteiger partial charge in [-0.3, -0.25) is 0 Å². The fourth-order valence-electron chi connectivity index (χ4n) is 3.65. The third-order valence-electron chi connectivity index (χ3n) is 5.04. The zero-order chi connectivity index (χ0) is 17.4. The molecule has 1 aliphatic carbocycles. The third kappa shape index (κ3) is 2.96. The van der Waals surface area contributed by atoms with Crippen LogP contribution < -0.4 is 15.4 Å². The number of anilines is 2. The number of halogens is 1. The van der Waals surface area contributed by atoms with Crippen molar-refractivity contribution in [3.05, 3.63) is 53.5 Å². The molecule has 5 heteroatoms. The second kappa shape index (κ2) is 6.41. The van der Waals surface area contributed by atoms with Crippen LogP contribution in [-0.4, -0.2) is 25.2 Å². The van der Waals surface area contributed by atoms with Crippen molar-refractivity contribution in [1.29, 1.82) is 0 Å². The smallest absolute Gasteiger partial charge is 0.165 e. The highest BCUT2D eigenvalue weighted by molar-refractivity contribution is 5.88. The number of fused-ring (bicyclic) bond motifs is 3. The Bertz CT molecular complexity index is 919. The number of nitrogens with one attached hydrogen (secondary N) is 3. The zero-order valence-electron chi connectivity index (χ0n) is 14.4. The predicted molar refractivity (Wildman–Crippen MR) is 99.4 cm³/mol. The second-order valence-corrected chi connectivity index (χ2v) is 6.55. The highest BCUT2D eigenvalue weighted by Crippen LogP contribution is 2.32. The van der Waals surface area contributed by atoms with E-state index in [1.54, 1.807) is 12.1 Å². The van der Waals surface area contributed by atoms with Crippen molar-refractivity contribution in [3.8, 4) is 5.75 Å². The first-order valence-electron chi connectivity index (χ1n) is 8.59. The van der Waals surface area contributed by atoms with Crippen LogP contribution in [0.5, 0.6) is 5.75 Å². The second-order valence-electron chi connectivity index (χ2n) is 6.55. The van der Waals surface area contributed by atoms with E-state index in [9.17, 15) is 4.39 Å². The van der Waals surface area contributed by atoms with Gasteiger partial charge in [-0.05, 0) is 62.2 Å². The molecule has 0 saturated heterocycles. The van der Waals surface area contributed by atoms with Crippen molar-refractivity contribution in [2.24, 2.45) is 0 Å². The highest BCUT2D eigenvalue weighted by Gasteiger charge is 2.21. The monoisotopic (exact) mass is 339 g/mol. The summed E-state index contributed by atoms with van der Waals surface area (Å²) < 4.78 is 18.6. The van der Waals surface area contributed by atoms with Gasteiger partial charge in [-0.15, -0.1) is 0 Å². The van der Waals surface area contributed by atoms with Gasteiger partial charge in [-0.2, -0.15) is 0 Å². The van der Waals surface area contributed by atoms with E-state index in [1.165, 1.54) is 35.3 Å². The Morgan fingerprint density at radius 3 is 2.76 bits per heavy atom. The molecule has 2 aromatic carbocycles. The molecule has 0 amide bonds. The van der Waals surface area contributed by atoms with E-state index in [0.29, 0.717) is 6.04 Å². The molecule has 1 unspecified atom stereocenters. The SMILES string of the molecule is CNC1CCc2[nH]c3ccc(Nc4ccc(F)c(OC)c4)cc3c2C1. The van der Waals surface area contributed by atoms with Crippen LogP contribution >= 0.6 is 0 Å². The molecule has 1 aliphatic rings. The molecule has 1 aromatic heterocycles. The van der Waals surface area contributed by atoms with E-state index in [0.717, 1.165) is 30.6 Å². The largest absolute Gasteiger partial charge is 0.494 e. The quantitative estimate of drug-likeness (QED) is 0.670. The van der Waals surface area contributed by atoms with E-state index in [1.807, 2.05) is 13.1 Å². The first-order valence-corrected chi connectivity index (χ1v) is 8.59. The van der Waals surface area contributed by atoms with Gasteiger partial charge >= 0.3 is 0 Å². The summed E-state index contributed by atoms with van der Waals surface area (Å²) in [5.41, 5.74) is 5.71. The highest BCUT2D eigenvalue weighted by atomic mass is 19.1. The van der Waals surface area contributed by atoms with E-state index in [4.69, 9.17) is 4.74 Å². The summed E-state index contributed by atoms with van der Waals surface area (Å²) in [6.45, 7) is 0. The van der Waals surface area contributed by atoms with Crippen LogP contribution in [0.1, 0.15) is 17.7 Å². The summed E-state index contributed by atoms with van der Waals surface area (Å²) in [7, 11) is 3.50. The Balaban J connectivity index is 1.67. The van der Waals surface area contributed by atoms with Crippen LogP contribution in [0.2, 0.25) is 0 Å². The summed E-state index contributed by atoms with van der Waals surface area (Å²) in [5, 5.41) is 7.99. The minimum Gasteiger partial charge on any atom is -0.494 e. The Kier molecular flexibility index (Phi) is 4.09. The topological polar surface area (TPSA) is 49.1 Å². The number of hydrogen-bond acceptors (Lipinski definition) is 3. The van der Waals surface area contributed by atoms with E-state index in [2.05, 4.69) is 27.8 Å². The number of methoxy groups -OCH3 is 1. The first kappa shape index (κ1) is 16.0. The maximum Gasteiger partial charge on any atom is 0.165 e. The Morgan fingerprint density at radius 2 is 1.96 bits per heavy atom. The number of aromatic nitrogens is 1. The summed E-state index contributed by atoms with van der Waals surface area (Å²) in [6, 6.07) is 11.6. The van der Waals surface area contributed by atoms with E-state index >= 15 is 0 Å². The van der Waals surface area contributed by atoms with Crippen molar-refractivity contribution < 1.29 is 9.13 Å². The van der Waals surface area contributed by atoms with Gasteiger partial charge in [0.05, 0.1) is 7.11 Å². The van der Waals surface area contributed by atoms with Crippen LogP contribution in [0.25, 0.3) is 10.9 Å². The molecule has 4 nitrogen and oxygen atoms in total. The van der Waals surface area contributed by atoms with Crippen LogP contribution in [0, 0.1) is 5.82 Å². The summed E-state index contributed by atoms with van der Waals surface area (Å²) in [6.07, 6.45) is 3.28. The lowest BCUT2D eigenvalue weighted by molar-refractivity contribution is 0.387. The molecule has 1 heterocycles. The van der Waals surface area contributed by atoms with Gasteiger partial charge in [0.1, 0.15) is 0 Å². The summed E-state index contributed by atoms with van der Waals surface area (Å²) in [4.78, 5) is 3.55. The molecule has 1 atom stereocenters. The maximum absolute atomic E-state index is 13.6. The van der Waals surface area contributed by atoms with Crippen LogP contribution in [0.3, 0.4) is 0 Å². The standard InChI is InChI=1S/C20H22FN3O/c1-22-12-4-7-18-15(9-12)16-10-13(5-8-19(16)24-18)23-14-3-6-17(21)20(11-14)25-2/h3,5-6,8,10-12,22-24H,4,7,9H2,1-2H3. The maximum atomic E-state index is 13.6. The molecular weight excluding hydrogens is 317 g/mol.